The number of carbonyl (C=O) groups is 1. The summed E-state index contributed by atoms with van der Waals surface area (Å²) in [6, 6.07) is 3.66. The van der Waals surface area contributed by atoms with Crippen LogP contribution in [-0.4, -0.2) is 70.1 Å². The summed E-state index contributed by atoms with van der Waals surface area (Å²) in [5, 5.41) is 11.3. The number of piperidine rings is 2. The highest BCUT2D eigenvalue weighted by Gasteiger charge is 2.46. The molecule has 1 saturated carbocycles. The highest BCUT2D eigenvalue weighted by molar-refractivity contribution is 9.10. The number of carbonyl (C=O) groups excluding carboxylic acids is 1. The fraction of sp³-hybridized carbons (Fsp3) is 0.690. The van der Waals surface area contributed by atoms with Crippen LogP contribution < -0.4 is 9.64 Å². The molecule has 10 heteroatoms. The quantitative estimate of drug-likeness (QED) is 0.426. The van der Waals surface area contributed by atoms with Crippen LogP contribution >= 0.6 is 15.9 Å². The first-order valence-corrected chi connectivity index (χ1v) is 14.9. The van der Waals surface area contributed by atoms with Crippen molar-refractivity contribution in [2.75, 3.05) is 37.7 Å². The zero-order valence-electron chi connectivity index (χ0n) is 23.4. The van der Waals surface area contributed by atoms with E-state index in [1.54, 1.807) is 6.07 Å². The van der Waals surface area contributed by atoms with Crippen LogP contribution in [0.2, 0.25) is 0 Å². The Morgan fingerprint density at radius 3 is 2.54 bits per heavy atom. The van der Waals surface area contributed by atoms with Crippen LogP contribution in [0.1, 0.15) is 72.6 Å². The van der Waals surface area contributed by atoms with Gasteiger partial charge in [0.1, 0.15) is 16.9 Å². The lowest BCUT2D eigenvalue weighted by molar-refractivity contribution is 0.0169. The molecule has 214 valence electrons. The molecule has 3 aliphatic rings. The number of rotatable bonds is 6. The summed E-state index contributed by atoms with van der Waals surface area (Å²) >= 11 is 3.28. The van der Waals surface area contributed by atoms with Gasteiger partial charge in [0.2, 0.25) is 0 Å². The fourth-order valence-corrected chi connectivity index (χ4v) is 6.19. The maximum atomic E-state index is 15.2. The Kier molecular flexibility index (Phi) is 7.74. The maximum Gasteiger partial charge on any atom is 0.410 e. The third-order valence-electron chi connectivity index (χ3n) is 8.15. The molecule has 1 atom stereocenters. The number of nitrogens with zero attached hydrogens (tertiary/aromatic N) is 4. The Hall–Kier alpha value is -2.20. The van der Waals surface area contributed by atoms with E-state index in [0.29, 0.717) is 47.8 Å². The third-order valence-corrected chi connectivity index (χ3v) is 8.76. The van der Waals surface area contributed by atoms with Gasteiger partial charge >= 0.3 is 12.1 Å². The molecule has 2 aliphatic heterocycles. The third kappa shape index (κ3) is 6.76. The SMILES string of the molecule is CC1(O)CCCN(c2nc(OCC3(CC4CCN(C(=O)OC(C)(C)C)CC4)CC3)nc3c(F)c(Br)ccc23)C1. The first kappa shape index (κ1) is 28.3. The molecule has 1 amide bonds. The number of hydrogen-bond donors (Lipinski definition) is 1. The molecule has 1 unspecified atom stereocenters. The molecule has 5 rings (SSSR count). The van der Waals surface area contributed by atoms with Crippen molar-refractivity contribution in [2.45, 2.75) is 83.8 Å². The average molecular weight is 608 g/mol. The minimum Gasteiger partial charge on any atom is -0.463 e. The van der Waals surface area contributed by atoms with Crippen LogP contribution in [-0.2, 0) is 4.74 Å². The first-order valence-electron chi connectivity index (χ1n) is 14.1. The second-order valence-electron chi connectivity index (χ2n) is 13.0. The molecule has 1 aromatic heterocycles. The van der Waals surface area contributed by atoms with Gasteiger partial charge in [-0.15, -0.1) is 0 Å². The van der Waals surface area contributed by atoms with E-state index in [1.807, 2.05) is 43.6 Å². The van der Waals surface area contributed by atoms with Gasteiger partial charge in [-0.1, -0.05) is 0 Å². The van der Waals surface area contributed by atoms with Gasteiger partial charge in [-0.2, -0.15) is 9.97 Å². The minimum absolute atomic E-state index is 0.0713. The van der Waals surface area contributed by atoms with Crippen molar-refractivity contribution in [1.82, 2.24) is 14.9 Å². The monoisotopic (exact) mass is 606 g/mol. The van der Waals surface area contributed by atoms with Crippen molar-refractivity contribution in [2.24, 2.45) is 11.3 Å². The number of ether oxygens (including phenoxy) is 2. The number of fused-ring (bicyclic) bond motifs is 1. The second kappa shape index (κ2) is 10.7. The summed E-state index contributed by atoms with van der Waals surface area (Å²) in [5.41, 5.74) is -1.03. The predicted octanol–water partition coefficient (Wildman–Crippen LogP) is 6.08. The van der Waals surface area contributed by atoms with E-state index in [-0.39, 0.29) is 23.0 Å². The molecule has 1 N–H and O–H groups in total. The molecule has 3 fully saturated rings. The highest BCUT2D eigenvalue weighted by atomic mass is 79.9. The zero-order valence-corrected chi connectivity index (χ0v) is 25.0. The smallest absolute Gasteiger partial charge is 0.410 e. The van der Waals surface area contributed by atoms with E-state index < -0.39 is 17.0 Å². The number of benzene rings is 1. The second-order valence-corrected chi connectivity index (χ2v) is 13.9. The van der Waals surface area contributed by atoms with E-state index in [2.05, 4.69) is 20.9 Å². The number of anilines is 1. The summed E-state index contributed by atoms with van der Waals surface area (Å²) in [6.07, 6.45) is 6.40. The van der Waals surface area contributed by atoms with Gasteiger partial charge in [0.05, 0.1) is 16.7 Å². The minimum atomic E-state index is -0.832. The normalized spacial score (nSPS) is 23.7. The molecule has 1 aliphatic carbocycles. The zero-order chi connectivity index (χ0) is 28.0. The fourth-order valence-electron chi connectivity index (χ4n) is 5.87. The first-order chi connectivity index (χ1) is 18.3. The Bertz CT molecular complexity index is 1220. The van der Waals surface area contributed by atoms with Crippen molar-refractivity contribution in [3.63, 3.8) is 0 Å². The number of aromatic nitrogens is 2. The van der Waals surface area contributed by atoms with E-state index in [0.717, 1.165) is 51.5 Å². The molecule has 0 bridgehead atoms. The molecule has 1 aromatic carbocycles. The van der Waals surface area contributed by atoms with Crippen LogP contribution in [0, 0.1) is 17.2 Å². The number of likely N-dealkylation sites (tertiary alicyclic amines) is 1. The van der Waals surface area contributed by atoms with Crippen molar-refractivity contribution >= 4 is 38.7 Å². The number of β-amino-alcohol motifs (C(OH)–C–C–N with tert-alkyl or cyclic N) is 1. The van der Waals surface area contributed by atoms with Crippen LogP contribution in [0.25, 0.3) is 10.9 Å². The number of amides is 1. The van der Waals surface area contributed by atoms with Crippen molar-refractivity contribution in [3.05, 3.63) is 22.4 Å². The van der Waals surface area contributed by atoms with Gasteiger partial charge in [0.25, 0.3) is 0 Å². The van der Waals surface area contributed by atoms with Gasteiger partial charge in [-0.3, -0.25) is 0 Å². The Balaban J connectivity index is 1.26. The molecule has 2 aromatic rings. The van der Waals surface area contributed by atoms with Crippen LogP contribution in [0.15, 0.2) is 16.6 Å². The van der Waals surface area contributed by atoms with Crippen molar-refractivity contribution < 1.29 is 23.8 Å². The molecule has 8 nitrogen and oxygen atoms in total. The van der Waals surface area contributed by atoms with Gasteiger partial charge < -0.3 is 24.4 Å². The lowest BCUT2D eigenvalue weighted by atomic mass is 9.86. The standard InChI is InChI=1S/C29H40BrFN4O4/c1-27(2,3)39-26(36)34-14-8-19(9-15-34)16-29(11-12-29)18-38-25-32-23-20(6-7-21(30)22(23)31)24(33-25)35-13-5-10-28(4,37)17-35/h6-7,19,37H,5,8-18H2,1-4H3. The summed E-state index contributed by atoms with van der Waals surface area (Å²) < 4.78 is 27.2. The molecule has 3 heterocycles. The maximum absolute atomic E-state index is 15.2. The lowest BCUT2D eigenvalue weighted by Crippen LogP contribution is -2.46. The van der Waals surface area contributed by atoms with Gasteiger partial charge in [0.15, 0.2) is 5.82 Å². The lowest BCUT2D eigenvalue weighted by Gasteiger charge is -2.38. The van der Waals surface area contributed by atoms with E-state index >= 15 is 4.39 Å². The van der Waals surface area contributed by atoms with Crippen LogP contribution in [0.3, 0.4) is 0 Å². The molecule has 0 radical (unpaired) electrons. The molecule has 0 spiro atoms. The van der Waals surface area contributed by atoms with E-state index in [4.69, 9.17) is 14.5 Å². The Labute approximate surface area is 238 Å². The predicted molar refractivity (Wildman–Crippen MR) is 152 cm³/mol. The van der Waals surface area contributed by atoms with Crippen molar-refractivity contribution in [1.29, 1.82) is 0 Å². The molecular weight excluding hydrogens is 567 g/mol. The largest absolute Gasteiger partial charge is 0.463 e. The topological polar surface area (TPSA) is 88.0 Å². The number of hydrogen-bond acceptors (Lipinski definition) is 7. The van der Waals surface area contributed by atoms with Crippen LogP contribution in [0.4, 0.5) is 15.0 Å². The molecule has 39 heavy (non-hydrogen) atoms. The van der Waals surface area contributed by atoms with Crippen LogP contribution in [0.5, 0.6) is 6.01 Å². The summed E-state index contributed by atoms with van der Waals surface area (Å²) in [6.45, 7) is 10.5. The number of aliphatic hydroxyl groups is 1. The summed E-state index contributed by atoms with van der Waals surface area (Å²) in [7, 11) is 0. The Morgan fingerprint density at radius 1 is 1.18 bits per heavy atom. The summed E-state index contributed by atoms with van der Waals surface area (Å²) in [4.78, 5) is 25.5. The van der Waals surface area contributed by atoms with Gasteiger partial charge in [-0.05, 0) is 107 Å². The number of halogens is 2. The average Bonchev–Trinajstić information content (AvgIpc) is 3.63. The Morgan fingerprint density at radius 2 is 1.90 bits per heavy atom. The van der Waals surface area contributed by atoms with E-state index in [1.165, 1.54) is 0 Å². The molecular formula is C29H40BrFN4O4. The van der Waals surface area contributed by atoms with E-state index in [9.17, 15) is 9.90 Å². The summed E-state index contributed by atoms with van der Waals surface area (Å²) in [5.74, 6) is 0.676. The highest BCUT2D eigenvalue weighted by Crippen LogP contribution is 2.52. The van der Waals surface area contributed by atoms with Gasteiger partial charge in [-0.25, -0.2) is 9.18 Å². The molecule has 2 saturated heterocycles. The van der Waals surface area contributed by atoms with Crippen molar-refractivity contribution in [3.8, 4) is 6.01 Å². The van der Waals surface area contributed by atoms with Gasteiger partial charge in [0, 0.05) is 37.0 Å².